The number of rotatable bonds is 2. The standard InChI is InChI=1S/C13H22/c1-2-10-13-11-8-6-4-3-5-7-9-12-13/h4,6,8,11,13H,2-3,5,7,9-10,12H2,1H3/b6-4-,11-8-. The minimum atomic E-state index is 0.841. The predicted molar refractivity (Wildman–Crippen MR) is 59.8 cm³/mol. The summed E-state index contributed by atoms with van der Waals surface area (Å²) >= 11 is 0. The summed E-state index contributed by atoms with van der Waals surface area (Å²) in [6, 6.07) is 0. The van der Waals surface area contributed by atoms with E-state index in [4.69, 9.17) is 0 Å². The van der Waals surface area contributed by atoms with Crippen molar-refractivity contribution >= 4 is 0 Å². The lowest BCUT2D eigenvalue weighted by atomic mass is 9.95. The first kappa shape index (κ1) is 10.6. The Balaban J connectivity index is 2.40. The summed E-state index contributed by atoms with van der Waals surface area (Å²) in [6.45, 7) is 2.28. The van der Waals surface area contributed by atoms with Crippen LogP contribution >= 0.6 is 0 Å². The summed E-state index contributed by atoms with van der Waals surface area (Å²) in [4.78, 5) is 0. The van der Waals surface area contributed by atoms with Crippen molar-refractivity contribution in [3.8, 4) is 0 Å². The van der Waals surface area contributed by atoms with Gasteiger partial charge in [-0.15, -0.1) is 0 Å². The van der Waals surface area contributed by atoms with Crippen molar-refractivity contribution in [3.63, 3.8) is 0 Å². The van der Waals surface area contributed by atoms with Crippen molar-refractivity contribution in [2.75, 3.05) is 0 Å². The maximum absolute atomic E-state index is 2.39. The minimum Gasteiger partial charge on any atom is -0.0845 e. The SMILES string of the molecule is CCCC1/C=C\C=C/CCCCC1. The van der Waals surface area contributed by atoms with E-state index in [9.17, 15) is 0 Å². The van der Waals surface area contributed by atoms with Crippen LogP contribution in [0.5, 0.6) is 0 Å². The van der Waals surface area contributed by atoms with E-state index < -0.39 is 0 Å². The van der Waals surface area contributed by atoms with Gasteiger partial charge in [-0.3, -0.25) is 0 Å². The van der Waals surface area contributed by atoms with E-state index in [0.717, 1.165) is 5.92 Å². The van der Waals surface area contributed by atoms with Crippen LogP contribution in [-0.4, -0.2) is 0 Å². The molecule has 0 nitrogen and oxygen atoms in total. The zero-order valence-corrected chi connectivity index (χ0v) is 8.84. The van der Waals surface area contributed by atoms with Crippen molar-refractivity contribution in [2.45, 2.75) is 51.9 Å². The first-order valence-electron chi connectivity index (χ1n) is 5.77. The van der Waals surface area contributed by atoms with Crippen molar-refractivity contribution in [1.29, 1.82) is 0 Å². The molecule has 0 saturated heterocycles. The van der Waals surface area contributed by atoms with E-state index in [-0.39, 0.29) is 0 Å². The molecule has 0 aromatic heterocycles. The molecule has 0 heterocycles. The molecule has 74 valence electrons. The molecular formula is C13H22. The highest BCUT2D eigenvalue weighted by Crippen LogP contribution is 2.18. The lowest BCUT2D eigenvalue weighted by Gasteiger charge is -2.11. The van der Waals surface area contributed by atoms with E-state index in [0.29, 0.717) is 0 Å². The van der Waals surface area contributed by atoms with Gasteiger partial charge in [-0.05, 0) is 31.6 Å². The molecule has 0 heteroatoms. The average molecular weight is 178 g/mol. The second kappa shape index (κ2) is 6.94. The smallest absolute Gasteiger partial charge is 0.0230 e. The third kappa shape index (κ3) is 4.92. The lowest BCUT2D eigenvalue weighted by Crippen LogP contribution is -1.96. The van der Waals surface area contributed by atoms with E-state index in [2.05, 4.69) is 31.2 Å². The van der Waals surface area contributed by atoms with E-state index in [1.165, 1.54) is 44.9 Å². The Morgan fingerprint density at radius 2 is 2.08 bits per heavy atom. The van der Waals surface area contributed by atoms with Crippen molar-refractivity contribution < 1.29 is 0 Å². The Kier molecular flexibility index (Phi) is 5.64. The third-order valence-electron chi connectivity index (χ3n) is 2.74. The quantitative estimate of drug-likeness (QED) is 0.585. The van der Waals surface area contributed by atoms with Gasteiger partial charge in [0.05, 0.1) is 0 Å². The maximum atomic E-state index is 2.39. The van der Waals surface area contributed by atoms with Crippen LogP contribution in [0, 0.1) is 5.92 Å². The van der Waals surface area contributed by atoms with Gasteiger partial charge in [-0.25, -0.2) is 0 Å². The summed E-state index contributed by atoms with van der Waals surface area (Å²) in [6.07, 6.45) is 18.7. The zero-order valence-electron chi connectivity index (χ0n) is 8.84. The first-order chi connectivity index (χ1) is 6.43. The van der Waals surface area contributed by atoms with Crippen LogP contribution in [0.2, 0.25) is 0 Å². The fraction of sp³-hybridized carbons (Fsp3) is 0.692. The molecule has 0 fully saturated rings. The molecule has 1 aliphatic carbocycles. The Morgan fingerprint density at radius 1 is 1.15 bits per heavy atom. The van der Waals surface area contributed by atoms with Crippen molar-refractivity contribution in [2.24, 2.45) is 5.92 Å². The first-order valence-corrected chi connectivity index (χ1v) is 5.77. The highest BCUT2D eigenvalue weighted by molar-refractivity contribution is 5.04. The minimum absolute atomic E-state index is 0.841. The fourth-order valence-electron chi connectivity index (χ4n) is 1.95. The molecule has 0 aromatic carbocycles. The predicted octanol–water partition coefficient (Wildman–Crippen LogP) is 4.48. The van der Waals surface area contributed by atoms with Gasteiger partial charge in [-0.2, -0.15) is 0 Å². The normalized spacial score (nSPS) is 29.5. The Labute approximate surface area is 82.7 Å². The molecule has 1 unspecified atom stereocenters. The molecule has 0 N–H and O–H groups in total. The Bertz CT molecular complexity index is 165. The molecule has 1 atom stereocenters. The molecule has 1 rings (SSSR count). The third-order valence-corrected chi connectivity index (χ3v) is 2.74. The van der Waals surface area contributed by atoms with Crippen LogP contribution in [-0.2, 0) is 0 Å². The van der Waals surface area contributed by atoms with Gasteiger partial charge < -0.3 is 0 Å². The lowest BCUT2D eigenvalue weighted by molar-refractivity contribution is 0.497. The van der Waals surface area contributed by atoms with Crippen LogP contribution in [0.3, 0.4) is 0 Å². The monoisotopic (exact) mass is 178 g/mol. The van der Waals surface area contributed by atoms with Crippen LogP contribution in [0.1, 0.15) is 51.9 Å². The molecule has 0 spiro atoms. The van der Waals surface area contributed by atoms with E-state index in [1.807, 2.05) is 0 Å². The number of allylic oxidation sites excluding steroid dienone is 4. The average Bonchev–Trinajstić information content (AvgIpc) is 2.16. The molecule has 13 heavy (non-hydrogen) atoms. The molecule has 0 saturated carbocycles. The topological polar surface area (TPSA) is 0 Å². The number of hydrogen-bond acceptors (Lipinski definition) is 0. The number of hydrogen-bond donors (Lipinski definition) is 0. The summed E-state index contributed by atoms with van der Waals surface area (Å²) in [5, 5.41) is 0. The van der Waals surface area contributed by atoms with Crippen molar-refractivity contribution in [3.05, 3.63) is 24.3 Å². The van der Waals surface area contributed by atoms with Gasteiger partial charge in [0.15, 0.2) is 0 Å². The van der Waals surface area contributed by atoms with Gasteiger partial charge in [0.25, 0.3) is 0 Å². The summed E-state index contributed by atoms with van der Waals surface area (Å²) < 4.78 is 0. The fourth-order valence-corrected chi connectivity index (χ4v) is 1.95. The van der Waals surface area contributed by atoms with Gasteiger partial charge in [0, 0.05) is 0 Å². The molecule has 0 amide bonds. The largest absolute Gasteiger partial charge is 0.0845 e. The van der Waals surface area contributed by atoms with Gasteiger partial charge >= 0.3 is 0 Å². The molecule has 0 aromatic rings. The van der Waals surface area contributed by atoms with Crippen LogP contribution in [0.4, 0.5) is 0 Å². The van der Waals surface area contributed by atoms with Gasteiger partial charge in [0.2, 0.25) is 0 Å². The molecule has 0 radical (unpaired) electrons. The van der Waals surface area contributed by atoms with Gasteiger partial charge in [-0.1, -0.05) is 50.5 Å². The van der Waals surface area contributed by atoms with Crippen molar-refractivity contribution in [1.82, 2.24) is 0 Å². The summed E-state index contributed by atoms with van der Waals surface area (Å²) in [5.41, 5.74) is 0. The van der Waals surface area contributed by atoms with Gasteiger partial charge in [0.1, 0.15) is 0 Å². The molecule has 1 aliphatic rings. The van der Waals surface area contributed by atoms with Crippen LogP contribution in [0.15, 0.2) is 24.3 Å². The van der Waals surface area contributed by atoms with Crippen LogP contribution in [0.25, 0.3) is 0 Å². The van der Waals surface area contributed by atoms with E-state index in [1.54, 1.807) is 0 Å². The highest BCUT2D eigenvalue weighted by atomic mass is 14.1. The summed E-state index contributed by atoms with van der Waals surface area (Å²) in [7, 11) is 0. The molecule has 0 bridgehead atoms. The molecular weight excluding hydrogens is 156 g/mol. The highest BCUT2D eigenvalue weighted by Gasteiger charge is 2.03. The Hall–Kier alpha value is -0.520. The summed E-state index contributed by atoms with van der Waals surface area (Å²) in [5.74, 6) is 0.841. The maximum Gasteiger partial charge on any atom is -0.0230 e. The van der Waals surface area contributed by atoms with E-state index >= 15 is 0 Å². The molecule has 0 aliphatic heterocycles. The van der Waals surface area contributed by atoms with Crippen LogP contribution < -0.4 is 0 Å². The second-order valence-electron chi connectivity index (χ2n) is 4.00. The Morgan fingerprint density at radius 3 is 2.92 bits per heavy atom. The second-order valence-corrected chi connectivity index (χ2v) is 4.00. The zero-order chi connectivity index (χ0) is 9.36.